The van der Waals surface area contributed by atoms with E-state index in [1.54, 1.807) is 12.1 Å². The smallest absolute Gasteiger partial charge is 0.243 e. The molecule has 0 unspecified atom stereocenters. The zero-order valence-electron chi connectivity index (χ0n) is 20.6. The van der Waals surface area contributed by atoms with Crippen LogP contribution in [0.15, 0.2) is 47.4 Å². The van der Waals surface area contributed by atoms with E-state index < -0.39 is 10.0 Å². The molecule has 190 valence electrons. The van der Waals surface area contributed by atoms with Gasteiger partial charge in [0.05, 0.1) is 4.90 Å². The number of carbonyl (C=O) groups excluding carboxylic acids is 2. The fraction of sp³-hybridized carbons (Fsp3) is 0.500. The molecule has 3 heterocycles. The van der Waals surface area contributed by atoms with Gasteiger partial charge in [0, 0.05) is 49.4 Å². The van der Waals surface area contributed by atoms with Crippen molar-refractivity contribution in [3.8, 4) is 0 Å². The Kier molecular flexibility index (Phi) is 6.12. The summed E-state index contributed by atoms with van der Waals surface area (Å²) in [4.78, 5) is 30.2. The minimum atomic E-state index is -3.65. The number of hydrogen-bond donors (Lipinski definition) is 0. The van der Waals surface area contributed by atoms with Gasteiger partial charge >= 0.3 is 0 Å². The first-order valence-electron chi connectivity index (χ1n) is 13.3. The standard InChI is InChI=1S/C28H33N3O4S/c32-27(21-6-3-7-21)30-15-4-8-23-19-24(10-11-26(23)30)36(34,35)29-16-12-22(13-17-29)28(33)31-18-14-20-5-1-2-9-25(20)31/h1-2,5,9-11,19,21-22H,3-4,6-8,12-18H2. The molecule has 2 aromatic rings. The number of para-hydroxylation sites is 1. The number of benzene rings is 2. The highest BCUT2D eigenvalue weighted by Crippen LogP contribution is 2.36. The maximum Gasteiger partial charge on any atom is 0.243 e. The van der Waals surface area contributed by atoms with Crippen LogP contribution < -0.4 is 9.80 Å². The van der Waals surface area contributed by atoms with Crippen molar-refractivity contribution in [1.29, 1.82) is 0 Å². The van der Waals surface area contributed by atoms with Crippen molar-refractivity contribution in [2.24, 2.45) is 11.8 Å². The highest BCUT2D eigenvalue weighted by Gasteiger charge is 2.37. The normalized spacial score (nSPS) is 21.1. The number of nitrogens with zero attached hydrogens (tertiary/aromatic N) is 3. The fourth-order valence-corrected chi connectivity index (χ4v) is 7.64. The number of aryl methyl sites for hydroxylation is 1. The average molecular weight is 508 g/mol. The first-order chi connectivity index (χ1) is 17.4. The molecule has 0 radical (unpaired) electrons. The average Bonchev–Trinajstić information content (AvgIpc) is 3.31. The lowest BCUT2D eigenvalue weighted by molar-refractivity contribution is -0.125. The zero-order chi connectivity index (χ0) is 24.9. The van der Waals surface area contributed by atoms with Crippen LogP contribution in [0.5, 0.6) is 0 Å². The van der Waals surface area contributed by atoms with Crippen LogP contribution in [0, 0.1) is 11.8 Å². The number of sulfonamides is 1. The third-order valence-electron chi connectivity index (χ3n) is 8.48. The van der Waals surface area contributed by atoms with Gasteiger partial charge in [-0.25, -0.2) is 8.42 Å². The van der Waals surface area contributed by atoms with Gasteiger partial charge < -0.3 is 9.80 Å². The van der Waals surface area contributed by atoms with Crippen molar-refractivity contribution in [3.63, 3.8) is 0 Å². The van der Waals surface area contributed by atoms with E-state index >= 15 is 0 Å². The Balaban J connectivity index is 1.14. The molecule has 0 atom stereocenters. The van der Waals surface area contributed by atoms with E-state index in [0.29, 0.717) is 39.0 Å². The Hall–Kier alpha value is -2.71. The highest BCUT2D eigenvalue weighted by atomic mass is 32.2. The number of fused-ring (bicyclic) bond motifs is 2. The number of hydrogen-bond acceptors (Lipinski definition) is 4. The van der Waals surface area contributed by atoms with Crippen LogP contribution >= 0.6 is 0 Å². The molecule has 1 aliphatic carbocycles. The monoisotopic (exact) mass is 507 g/mol. The predicted octanol–water partition coefficient (Wildman–Crippen LogP) is 3.76. The molecule has 8 heteroatoms. The lowest BCUT2D eigenvalue weighted by Gasteiger charge is -2.36. The van der Waals surface area contributed by atoms with Crippen molar-refractivity contribution in [3.05, 3.63) is 53.6 Å². The molecular weight excluding hydrogens is 474 g/mol. The molecule has 1 saturated carbocycles. The second-order valence-corrected chi connectivity index (χ2v) is 12.5. The van der Waals surface area contributed by atoms with Crippen LogP contribution in [0.1, 0.15) is 49.7 Å². The summed E-state index contributed by atoms with van der Waals surface area (Å²) in [5.41, 5.74) is 4.00. The van der Waals surface area contributed by atoms with Crippen molar-refractivity contribution < 1.29 is 18.0 Å². The highest BCUT2D eigenvalue weighted by molar-refractivity contribution is 7.89. The quantitative estimate of drug-likeness (QED) is 0.632. The van der Waals surface area contributed by atoms with Gasteiger partial charge in [0.15, 0.2) is 0 Å². The number of amides is 2. The summed E-state index contributed by atoms with van der Waals surface area (Å²) in [6.07, 6.45) is 6.60. The number of carbonyl (C=O) groups is 2. The Morgan fingerprint density at radius 3 is 2.08 bits per heavy atom. The van der Waals surface area contributed by atoms with Gasteiger partial charge in [0.25, 0.3) is 0 Å². The summed E-state index contributed by atoms with van der Waals surface area (Å²) in [5, 5.41) is 0. The maximum atomic E-state index is 13.5. The lowest BCUT2D eigenvalue weighted by Crippen LogP contribution is -2.44. The topological polar surface area (TPSA) is 78.0 Å². The van der Waals surface area contributed by atoms with Crippen LogP contribution in [0.4, 0.5) is 11.4 Å². The van der Waals surface area contributed by atoms with Gasteiger partial charge in [-0.3, -0.25) is 9.59 Å². The predicted molar refractivity (Wildman–Crippen MR) is 138 cm³/mol. The van der Waals surface area contributed by atoms with Gasteiger partial charge in [-0.05, 0) is 80.3 Å². The molecule has 2 fully saturated rings. The third-order valence-corrected chi connectivity index (χ3v) is 10.4. The number of rotatable bonds is 4. The summed E-state index contributed by atoms with van der Waals surface area (Å²) >= 11 is 0. The van der Waals surface area contributed by atoms with Gasteiger partial charge in [0.1, 0.15) is 0 Å². The lowest BCUT2D eigenvalue weighted by atomic mass is 9.83. The molecule has 0 N–H and O–H groups in total. The van der Waals surface area contributed by atoms with Crippen molar-refractivity contribution in [1.82, 2.24) is 4.31 Å². The van der Waals surface area contributed by atoms with Crippen LogP contribution in [0.25, 0.3) is 0 Å². The molecule has 4 aliphatic rings. The first-order valence-corrected chi connectivity index (χ1v) is 14.7. The number of piperidine rings is 1. The molecule has 36 heavy (non-hydrogen) atoms. The molecular formula is C28H33N3O4S. The molecule has 6 rings (SSSR count). The van der Waals surface area contributed by atoms with E-state index in [2.05, 4.69) is 6.07 Å². The summed E-state index contributed by atoms with van der Waals surface area (Å²) in [6.45, 7) is 2.10. The molecule has 2 amide bonds. The number of anilines is 2. The fourth-order valence-electron chi connectivity index (χ4n) is 6.12. The van der Waals surface area contributed by atoms with E-state index in [9.17, 15) is 18.0 Å². The van der Waals surface area contributed by atoms with E-state index in [0.717, 1.165) is 55.5 Å². The summed E-state index contributed by atoms with van der Waals surface area (Å²) in [6, 6.07) is 13.3. The van der Waals surface area contributed by atoms with Gasteiger partial charge in [0.2, 0.25) is 21.8 Å². The van der Waals surface area contributed by atoms with Crippen molar-refractivity contribution >= 4 is 33.2 Å². The van der Waals surface area contributed by atoms with Crippen LogP contribution in [-0.2, 0) is 32.5 Å². The molecule has 0 aromatic heterocycles. The summed E-state index contributed by atoms with van der Waals surface area (Å²) in [5.74, 6) is 0.266. The van der Waals surface area contributed by atoms with Crippen LogP contribution in [0.3, 0.4) is 0 Å². The van der Waals surface area contributed by atoms with Gasteiger partial charge in [-0.15, -0.1) is 0 Å². The molecule has 0 spiro atoms. The Labute approximate surface area is 213 Å². The Morgan fingerprint density at radius 2 is 1.36 bits per heavy atom. The van der Waals surface area contributed by atoms with Gasteiger partial charge in [-0.1, -0.05) is 24.6 Å². The Bertz CT molecular complexity index is 1300. The molecule has 0 bridgehead atoms. The second-order valence-electron chi connectivity index (χ2n) is 10.6. The second kappa shape index (κ2) is 9.30. The maximum absolute atomic E-state index is 13.5. The van der Waals surface area contributed by atoms with Crippen molar-refractivity contribution in [2.45, 2.75) is 56.3 Å². The van der Waals surface area contributed by atoms with E-state index in [4.69, 9.17) is 0 Å². The minimum absolute atomic E-state index is 0.113. The SMILES string of the molecule is O=C(C1CCC1)N1CCCc2cc(S(=O)(=O)N3CCC(C(=O)N4CCc5ccccc54)CC3)ccc21. The first kappa shape index (κ1) is 23.7. The Morgan fingerprint density at radius 1 is 0.694 bits per heavy atom. The molecule has 2 aromatic carbocycles. The van der Waals surface area contributed by atoms with Crippen molar-refractivity contribution in [2.75, 3.05) is 36.0 Å². The zero-order valence-corrected chi connectivity index (χ0v) is 21.4. The summed E-state index contributed by atoms with van der Waals surface area (Å²) in [7, 11) is -3.65. The third kappa shape index (κ3) is 4.04. The minimum Gasteiger partial charge on any atom is -0.312 e. The van der Waals surface area contributed by atoms with E-state index in [1.165, 1.54) is 9.87 Å². The molecule has 3 aliphatic heterocycles. The molecule has 1 saturated heterocycles. The van der Waals surface area contributed by atoms with Gasteiger partial charge in [-0.2, -0.15) is 4.31 Å². The van der Waals surface area contributed by atoms with Crippen LogP contribution in [0.2, 0.25) is 0 Å². The van der Waals surface area contributed by atoms with Crippen LogP contribution in [-0.4, -0.2) is 50.7 Å². The van der Waals surface area contributed by atoms with E-state index in [-0.39, 0.29) is 28.5 Å². The largest absolute Gasteiger partial charge is 0.312 e. The van der Waals surface area contributed by atoms with E-state index in [1.807, 2.05) is 34.1 Å². The molecule has 7 nitrogen and oxygen atoms in total. The summed E-state index contributed by atoms with van der Waals surface area (Å²) < 4.78 is 28.5.